The first-order chi connectivity index (χ1) is 4.79. The Morgan fingerprint density at radius 1 is 1.17 bits per heavy atom. The van der Waals surface area contributed by atoms with Crippen LogP contribution in [0.25, 0.3) is 0 Å². The van der Waals surface area contributed by atoms with Crippen molar-refractivity contribution in [3.8, 4) is 0 Å². The quantitative estimate of drug-likeness (QED) is 0.555. The molecule has 0 aliphatic rings. The predicted molar refractivity (Wildman–Crippen MR) is 51.6 cm³/mol. The number of benzene rings is 1. The van der Waals surface area contributed by atoms with Gasteiger partial charge in [-0.3, -0.25) is 10.1 Å². The van der Waals surface area contributed by atoms with Crippen LogP contribution in [-0.2, 0) is 6.54 Å². The first kappa shape index (κ1) is 13.8. The van der Waals surface area contributed by atoms with Crippen molar-refractivity contribution in [2.24, 2.45) is 0 Å². The van der Waals surface area contributed by atoms with Crippen LogP contribution in [0.1, 0.15) is 5.56 Å². The first-order valence-electron chi connectivity index (χ1n) is 2.95. The van der Waals surface area contributed by atoms with Crippen LogP contribution in [0.15, 0.2) is 30.3 Å². The minimum Gasteiger partial charge on any atom is -0.264 e. The lowest BCUT2D eigenvalue weighted by atomic mass is 10.2. The molecule has 0 saturated heterocycles. The molecule has 0 amide bonds. The molecule has 68 valence electrons. The van der Waals surface area contributed by atoms with E-state index in [0.717, 1.165) is 5.56 Å². The van der Waals surface area contributed by atoms with Gasteiger partial charge < -0.3 is 0 Å². The summed E-state index contributed by atoms with van der Waals surface area (Å²) >= 11 is 0. The summed E-state index contributed by atoms with van der Waals surface area (Å²) in [7, 11) is 0. The highest BCUT2D eigenvalue weighted by atomic mass is 35.5. The maximum absolute atomic E-state index is 9.97. The number of halogens is 2. The number of rotatable bonds is 2. The second-order valence-corrected chi connectivity index (χ2v) is 1.98. The average molecular weight is 210 g/mol. The topological polar surface area (TPSA) is 43.1 Å². The number of nitro groups is 1. The Kier molecular flexibility index (Phi) is 7.90. The second-order valence-electron chi connectivity index (χ2n) is 1.98. The lowest BCUT2D eigenvalue weighted by Crippen LogP contribution is -1.96. The van der Waals surface area contributed by atoms with Crippen LogP contribution in [0.3, 0.4) is 0 Å². The lowest BCUT2D eigenvalue weighted by molar-refractivity contribution is -0.496. The third-order valence-corrected chi connectivity index (χ3v) is 1.15. The molecule has 0 aliphatic carbocycles. The van der Waals surface area contributed by atoms with Crippen LogP contribution >= 0.6 is 24.8 Å². The highest BCUT2D eigenvalue weighted by Crippen LogP contribution is 1.98. The summed E-state index contributed by atoms with van der Waals surface area (Å²) in [5.41, 5.74) is 0.743. The third kappa shape index (κ3) is 4.93. The summed E-state index contributed by atoms with van der Waals surface area (Å²) in [5, 5.41) is 9.97. The molecule has 3 nitrogen and oxygen atoms in total. The van der Waals surface area contributed by atoms with Crippen molar-refractivity contribution in [1.29, 1.82) is 0 Å². The summed E-state index contributed by atoms with van der Waals surface area (Å²) in [6, 6.07) is 8.90. The van der Waals surface area contributed by atoms with Gasteiger partial charge in [0, 0.05) is 10.5 Å². The molecule has 1 aromatic rings. The smallest absolute Gasteiger partial charge is 0.228 e. The summed E-state index contributed by atoms with van der Waals surface area (Å²) in [6.45, 7) is -0.0825. The molecule has 0 spiro atoms. The minimum atomic E-state index is -0.338. The van der Waals surface area contributed by atoms with Gasteiger partial charge in [0.05, 0.1) is 0 Å². The van der Waals surface area contributed by atoms with Gasteiger partial charge in [0.25, 0.3) is 0 Å². The Morgan fingerprint density at radius 2 is 1.67 bits per heavy atom. The SMILES string of the molecule is Cl.Cl.O=[N+]([O-])Cc1ccccc1. The van der Waals surface area contributed by atoms with Gasteiger partial charge in [0.2, 0.25) is 6.54 Å². The molecule has 0 fully saturated rings. The van der Waals surface area contributed by atoms with Crippen LogP contribution in [0, 0.1) is 10.1 Å². The predicted octanol–water partition coefficient (Wildman–Crippen LogP) is 2.31. The largest absolute Gasteiger partial charge is 0.264 e. The zero-order valence-corrected chi connectivity index (χ0v) is 7.81. The van der Waals surface area contributed by atoms with Crippen molar-refractivity contribution in [3.63, 3.8) is 0 Å². The van der Waals surface area contributed by atoms with Crippen LogP contribution in [0.2, 0.25) is 0 Å². The maximum atomic E-state index is 9.97. The summed E-state index contributed by atoms with van der Waals surface area (Å²) in [5.74, 6) is 0. The summed E-state index contributed by atoms with van der Waals surface area (Å²) < 4.78 is 0. The molecule has 0 unspecified atom stereocenters. The van der Waals surface area contributed by atoms with Gasteiger partial charge in [0.1, 0.15) is 0 Å². The minimum absolute atomic E-state index is 0. The van der Waals surface area contributed by atoms with Crippen molar-refractivity contribution in [2.75, 3.05) is 0 Å². The molecule has 0 heterocycles. The molecule has 1 rings (SSSR count). The fourth-order valence-corrected chi connectivity index (χ4v) is 0.732. The second kappa shape index (κ2) is 6.88. The van der Waals surface area contributed by atoms with Gasteiger partial charge in [0.15, 0.2) is 0 Å². The van der Waals surface area contributed by atoms with Gasteiger partial charge in [-0.15, -0.1) is 24.8 Å². The van der Waals surface area contributed by atoms with Crippen LogP contribution in [-0.4, -0.2) is 4.92 Å². The Hall–Kier alpha value is -0.800. The Balaban J connectivity index is 0. The fraction of sp³-hybridized carbons (Fsp3) is 0.143. The van der Waals surface area contributed by atoms with Crippen molar-refractivity contribution in [1.82, 2.24) is 0 Å². The monoisotopic (exact) mass is 209 g/mol. The van der Waals surface area contributed by atoms with Gasteiger partial charge in [-0.05, 0) is 0 Å². The highest BCUT2D eigenvalue weighted by molar-refractivity contribution is 5.85. The van der Waals surface area contributed by atoms with Crippen LogP contribution in [0.4, 0.5) is 0 Å². The molecule has 1 aromatic carbocycles. The van der Waals surface area contributed by atoms with E-state index in [1.807, 2.05) is 6.07 Å². The van der Waals surface area contributed by atoms with E-state index in [9.17, 15) is 10.1 Å². The molecule has 0 saturated carbocycles. The molecule has 0 bridgehead atoms. The molecular formula is C7H9Cl2NO2. The lowest BCUT2D eigenvalue weighted by Gasteiger charge is -1.90. The molecule has 5 heteroatoms. The van der Waals surface area contributed by atoms with E-state index < -0.39 is 0 Å². The number of nitrogens with zero attached hydrogens (tertiary/aromatic N) is 1. The van der Waals surface area contributed by atoms with Gasteiger partial charge in [-0.25, -0.2) is 0 Å². The summed E-state index contributed by atoms with van der Waals surface area (Å²) in [4.78, 5) is 9.64. The van der Waals surface area contributed by atoms with Gasteiger partial charge >= 0.3 is 0 Å². The van der Waals surface area contributed by atoms with Crippen molar-refractivity contribution < 1.29 is 4.92 Å². The molecular weight excluding hydrogens is 201 g/mol. The number of hydrogen-bond donors (Lipinski definition) is 0. The Bertz CT molecular complexity index is 228. The average Bonchev–Trinajstić information content (AvgIpc) is 1.88. The molecule has 0 radical (unpaired) electrons. The van der Waals surface area contributed by atoms with Crippen LogP contribution in [0.5, 0.6) is 0 Å². The first-order valence-corrected chi connectivity index (χ1v) is 2.95. The molecule has 0 aliphatic heterocycles. The van der Waals surface area contributed by atoms with E-state index in [0.29, 0.717) is 0 Å². The van der Waals surface area contributed by atoms with E-state index in [4.69, 9.17) is 0 Å². The normalized spacial score (nSPS) is 7.67. The van der Waals surface area contributed by atoms with Gasteiger partial charge in [-0.2, -0.15) is 0 Å². The van der Waals surface area contributed by atoms with Crippen molar-refractivity contribution >= 4 is 24.8 Å². The molecule has 0 aromatic heterocycles. The standard InChI is InChI=1S/C7H7NO2.2ClH/c9-8(10)6-7-4-2-1-3-5-7;;/h1-5H,6H2;2*1H. The zero-order chi connectivity index (χ0) is 7.40. The van der Waals surface area contributed by atoms with Crippen molar-refractivity contribution in [2.45, 2.75) is 6.54 Å². The Labute approximate surface area is 82.8 Å². The van der Waals surface area contributed by atoms with E-state index in [2.05, 4.69) is 0 Å². The van der Waals surface area contributed by atoms with Crippen LogP contribution < -0.4 is 0 Å². The van der Waals surface area contributed by atoms with E-state index in [-0.39, 0.29) is 36.3 Å². The Morgan fingerprint density at radius 3 is 2.08 bits per heavy atom. The number of hydrogen-bond acceptors (Lipinski definition) is 2. The molecule has 0 atom stereocenters. The van der Waals surface area contributed by atoms with E-state index >= 15 is 0 Å². The van der Waals surface area contributed by atoms with Crippen molar-refractivity contribution in [3.05, 3.63) is 46.0 Å². The zero-order valence-electron chi connectivity index (χ0n) is 6.17. The highest BCUT2D eigenvalue weighted by Gasteiger charge is 1.97. The summed E-state index contributed by atoms with van der Waals surface area (Å²) in [6.07, 6.45) is 0. The molecule has 0 N–H and O–H groups in total. The van der Waals surface area contributed by atoms with E-state index in [1.165, 1.54) is 0 Å². The van der Waals surface area contributed by atoms with E-state index in [1.54, 1.807) is 24.3 Å². The third-order valence-electron chi connectivity index (χ3n) is 1.15. The maximum Gasteiger partial charge on any atom is 0.228 e. The van der Waals surface area contributed by atoms with Gasteiger partial charge in [-0.1, -0.05) is 30.3 Å². The fourth-order valence-electron chi connectivity index (χ4n) is 0.732. The molecule has 12 heavy (non-hydrogen) atoms.